The first-order valence-corrected chi connectivity index (χ1v) is 13.4. The van der Waals surface area contributed by atoms with E-state index in [9.17, 15) is 4.79 Å². The van der Waals surface area contributed by atoms with E-state index in [2.05, 4.69) is 4.57 Å². The van der Waals surface area contributed by atoms with E-state index in [1.807, 2.05) is 54.4 Å². The molecule has 1 amide bonds. The number of rotatable bonds is 9. The number of amides is 1. The van der Waals surface area contributed by atoms with E-state index >= 15 is 0 Å². The lowest BCUT2D eigenvalue weighted by Gasteiger charge is -2.33. The Hall–Kier alpha value is -3.68. The zero-order valence-corrected chi connectivity index (χ0v) is 21.8. The second-order valence-corrected chi connectivity index (χ2v) is 10.2. The predicted octanol–water partition coefficient (Wildman–Crippen LogP) is 4.52. The van der Waals surface area contributed by atoms with Crippen molar-refractivity contribution >= 4 is 28.6 Å². The number of benzene rings is 2. The fourth-order valence-corrected chi connectivity index (χ4v) is 5.32. The van der Waals surface area contributed by atoms with E-state index in [1.165, 1.54) is 19.3 Å². The molecule has 6 N–H and O–H groups in total. The second-order valence-electron chi connectivity index (χ2n) is 10.2. The molecule has 0 saturated heterocycles. The standard InChI is InChI=1S/C29H39N7O/c1-35-25-15-14-22(29(37)36(18-17-26(30)31)23-7-5-3-2-4-6-8-23)19-24(25)34-27(35)16-11-20-9-12-21(13-10-20)28(32)33/h9-10,12-15,19,23H,2-8,11,16-18H2,1H3,(H3,30,31)(H3,32,33). The minimum Gasteiger partial charge on any atom is -0.388 e. The molecule has 1 aliphatic rings. The van der Waals surface area contributed by atoms with Gasteiger partial charge in [-0.05, 0) is 43.0 Å². The van der Waals surface area contributed by atoms with E-state index in [0.717, 1.165) is 66.5 Å². The molecule has 1 fully saturated rings. The van der Waals surface area contributed by atoms with Crippen LogP contribution in [0.15, 0.2) is 42.5 Å². The van der Waals surface area contributed by atoms with Crippen LogP contribution < -0.4 is 11.5 Å². The number of nitrogens with one attached hydrogen (secondary N) is 2. The number of carbonyl (C=O) groups is 1. The maximum absolute atomic E-state index is 13.7. The number of amidine groups is 2. The van der Waals surface area contributed by atoms with Gasteiger partial charge in [0.25, 0.3) is 5.91 Å². The maximum atomic E-state index is 13.7. The molecule has 0 bridgehead atoms. The number of nitrogens with two attached hydrogens (primary N) is 2. The van der Waals surface area contributed by atoms with Gasteiger partial charge in [0.05, 0.1) is 16.9 Å². The first-order valence-electron chi connectivity index (χ1n) is 13.4. The Balaban J connectivity index is 1.52. The van der Waals surface area contributed by atoms with Crippen molar-refractivity contribution in [2.45, 2.75) is 70.3 Å². The summed E-state index contributed by atoms with van der Waals surface area (Å²) in [6, 6.07) is 13.7. The van der Waals surface area contributed by atoms with Gasteiger partial charge in [0, 0.05) is 43.6 Å². The van der Waals surface area contributed by atoms with Crippen molar-refractivity contribution < 1.29 is 4.79 Å². The molecule has 37 heavy (non-hydrogen) atoms. The third-order valence-corrected chi connectivity index (χ3v) is 7.52. The first-order chi connectivity index (χ1) is 17.8. The first kappa shape index (κ1) is 26.4. The minimum absolute atomic E-state index is 0.00601. The number of nitrogen functional groups attached to an aromatic ring is 1. The Labute approximate surface area is 219 Å². The molecule has 3 aromatic rings. The lowest BCUT2D eigenvalue weighted by atomic mass is 9.95. The summed E-state index contributed by atoms with van der Waals surface area (Å²) in [4.78, 5) is 20.6. The Morgan fingerprint density at radius 2 is 1.62 bits per heavy atom. The Morgan fingerprint density at radius 3 is 2.27 bits per heavy atom. The van der Waals surface area contributed by atoms with E-state index in [4.69, 9.17) is 27.3 Å². The molecule has 0 unspecified atom stereocenters. The van der Waals surface area contributed by atoms with Crippen molar-refractivity contribution in [3.63, 3.8) is 0 Å². The molecule has 1 saturated carbocycles. The molecule has 0 radical (unpaired) electrons. The number of hydrogen-bond acceptors (Lipinski definition) is 4. The Morgan fingerprint density at radius 1 is 0.973 bits per heavy atom. The topological polar surface area (TPSA) is 138 Å². The molecular formula is C29H39N7O. The zero-order valence-electron chi connectivity index (χ0n) is 21.8. The van der Waals surface area contributed by atoms with Gasteiger partial charge in [0.1, 0.15) is 11.7 Å². The molecule has 0 spiro atoms. The summed E-state index contributed by atoms with van der Waals surface area (Å²) in [6.07, 6.45) is 9.97. The van der Waals surface area contributed by atoms with Gasteiger partial charge in [-0.15, -0.1) is 0 Å². The highest BCUT2D eigenvalue weighted by molar-refractivity contribution is 5.98. The van der Waals surface area contributed by atoms with Crippen molar-refractivity contribution in [3.8, 4) is 0 Å². The zero-order chi connectivity index (χ0) is 26.4. The van der Waals surface area contributed by atoms with Gasteiger partial charge in [-0.25, -0.2) is 4.98 Å². The molecule has 2 aromatic carbocycles. The molecule has 8 nitrogen and oxygen atoms in total. The molecule has 196 valence electrons. The van der Waals surface area contributed by atoms with Crippen LogP contribution in [0.1, 0.15) is 78.7 Å². The smallest absolute Gasteiger partial charge is 0.254 e. The van der Waals surface area contributed by atoms with Crippen LogP contribution in [0.25, 0.3) is 11.0 Å². The van der Waals surface area contributed by atoms with Gasteiger partial charge in [-0.3, -0.25) is 15.6 Å². The summed E-state index contributed by atoms with van der Waals surface area (Å²) in [5, 5.41) is 15.2. The van der Waals surface area contributed by atoms with Crippen LogP contribution in [0.3, 0.4) is 0 Å². The lowest BCUT2D eigenvalue weighted by molar-refractivity contribution is 0.0653. The van der Waals surface area contributed by atoms with Crippen LogP contribution in [-0.4, -0.2) is 44.6 Å². The van der Waals surface area contributed by atoms with Gasteiger partial charge in [0.2, 0.25) is 0 Å². The number of imidazole rings is 1. The summed E-state index contributed by atoms with van der Waals surface area (Å²) in [7, 11) is 2.01. The lowest BCUT2D eigenvalue weighted by Crippen LogP contribution is -2.42. The highest BCUT2D eigenvalue weighted by Gasteiger charge is 2.26. The van der Waals surface area contributed by atoms with Gasteiger partial charge in [-0.2, -0.15) is 0 Å². The van der Waals surface area contributed by atoms with Crippen LogP contribution in [0.4, 0.5) is 0 Å². The van der Waals surface area contributed by atoms with Crippen molar-refractivity contribution in [3.05, 3.63) is 65.0 Å². The van der Waals surface area contributed by atoms with Gasteiger partial charge in [-0.1, -0.05) is 56.4 Å². The normalized spacial score (nSPS) is 14.7. The highest BCUT2D eigenvalue weighted by Crippen LogP contribution is 2.25. The van der Waals surface area contributed by atoms with Gasteiger partial charge >= 0.3 is 0 Å². The average molecular weight is 502 g/mol. The fraction of sp³-hybridized carbons (Fsp3) is 0.448. The van der Waals surface area contributed by atoms with E-state index in [1.54, 1.807) is 0 Å². The Bertz CT molecular complexity index is 1250. The third-order valence-electron chi connectivity index (χ3n) is 7.52. The van der Waals surface area contributed by atoms with Gasteiger partial charge in [0.15, 0.2) is 0 Å². The van der Waals surface area contributed by atoms with Gasteiger partial charge < -0.3 is 20.9 Å². The highest BCUT2D eigenvalue weighted by atomic mass is 16.2. The van der Waals surface area contributed by atoms with E-state index in [0.29, 0.717) is 18.5 Å². The average Bonchev–Trinajstić information content (AvgIpc) is 3.18. The van der Waals surface area contributed by atoms with Crippen molar-refractivity contribution in [1.82, 2.24) is 14.5 Å². The molecule has 0 atom stereocenters. The number of aryl methyl sites for hydroxylation is 3. The maximum Gasteiger partial charge on any atom is 0.254 e. The number of fused-ring (bicyclic) bond motifs is 1. The quantitative estimate of drug-likeness (QED) is 0.253. The number of carbonyl (C=O) groups excluding carboxylic acids is 1. The summed E-state index contributed by atoms with van der Waals surface area (Å²) < 4.78 is 2.09. The summed E-state index contributed by atoms with van der Waals surface area (Å²) >= 11 is 0. The van der Waals surface area contributed by atoms with Crippen LogP contribution >= 0.6 is 0 Å². The molecule has 1 heterocycles. The largest absolute Gasteiger partial charge is 0.388 e. The predicted molar refractivity (Wildman–Crippen MR) is 149 cm³/mol. The van der Waals surface area contributed by atoms with E-state index < -0.39 is 0 Å². The number of aromatic nitrogens is 2. The Kier molecular flexibility index (Phi) is 8.58. The molecule has 1 aliphatic carbocycles. The van der Waals surface area contributed by atoms with E-state index in [-0.39, 0.29) is 23.6 Å². The van der Waals surface area contributed by atoms with Crippen LogP contribution in [-0.2, 0) is 19.9 Å². The molecular weight excluding hydrogens is 462 g/mol. The van der Waals surface area contributed by atoms with Crippen LogP contribution in [0.2, 0.25) is 0 Å². The van der Waals surface area contributed by atoms with Crippen molar-refractivity contribution in [1.29, 1.82) is 10.8 Å². The third kappa shape index (κ3) is 6.56. The molecule has 8 heteroatoms. The van der Waals surface area contributed by atoms with Crippen molar-refractivity contribution in [2.24, 2.45) is 18.5 Å². The monoisotopic (exact) mass is 501 g/mol. The minimum atomic E-state index is 0.00601. The van der Waals surface area contributed by atoms with Crippen molar-refractivity contribution in [2.75, 3.05) is 6.54 Å². The SMILES string of the molecule is Cn1c(CCc2ccc(C(=N)N)cc2)nc2cc(C(=O)N(CCC(=N)N)C3CCCCCCC3)ccc21. The number of hydrogen-bond donors (Lipinski definition) is 4. The fourth-order valence-electron chi connectivity index (χ4n) is 5.32. The van der Waals surface area contributed by atoms with Crippen LogP contribution in [0.5, 0.6) is 0 Å². The molecule has 1 aromatic heterocycles. The summed E-state index contributed by atoms with van der Waals surface area (Å²) in [5.74, 6) is 1.15. The molecule has 4 rings (SSSR count). The number of nitrogens with zero attached hydrogens (tertiary/aromatic N) is 3. The van der Waals surface area contributed by atoms with Crippen LogP contribution in [0, 0.1) is 10.8 Å². The summed E-state index contributed by atoms with van der Waals surface area (Å²) in [5.41, 5.74) is 15.6. The molecule has 0 aliphatic heterocycles. The summed E-state index contributed by atoms with van der Waals surface area (Å²) in [6.45, 7) is 0.479. The second kappa shape index (κ2) is 12.0.